The average Bonchev–Trinajstić information content (AvgIpc) is 2.31. The van der Waals surface area contributed by atoms with Gasteiger partial charge < -0.3 is 4.52 Å². The molecule has 82 valence electrons. The van der Waals surface area contributed by atoms with Gasteiger partial charge in [-0.25, -0.2) is 0 Å². The highest BCUT2D eigenvalue weighted by molar-refractivity contribution is 7.80. The lowest BCUT2D eigenvalue weighted by Gasteiger charge is -2.25. The van der Waals surface area contributed by atoms with Crippen molar-refractivity contribution in [1.29, 1.82) is 0 Å². The van der Waals surface area contributed by atoms with Crippen molar-refractivity contribution in [2.45, 2.75) is 37.8 Å². The maximum Gasteiger partial charge on any atom is 0.185 e. The highest BCUT2D eigenvalue weighted by Crippen LogP contribution is 2.52. The molecule has 0 aromatic heterocycles. The highest BCUT2D eigenvalue weighted by atomic mass is 35.7. The fourth-order valence-corrected chi connectivity index (χ4v) is 4.01. The Morgan fingerprint density at radius 2 is 1.73 bits per heavy atom. The van der Waals surface area contributed by atoms with Crippen molar-refractivity contribution in [2.75, 3.05) is 0 Å². The Bertz CT molecular complexity index is 285. The van der Waals surface area contributed by atoms with Gasteiger partial charge in [0.15, 0.2) is 7.50 Å². The molecular weight excluding hydrogens is 227 g/mol. The molecule has 1 unspecified atom stereocenters. The van der Waals surface area contributed by atoms with E-state index in [1.165, 1.54) is 32.1 Å². The summed E-state index contributed by atoms with van der Waals surface area (Å²) >= 11 is 6.34. The van der Waals surface area contributed by atoms with Crippen LogP contribution in [-0.4, -0.2) is 5.66 Å². The Hall–Kier alpha value is -0.260. The Balaban J connectivity index is 1.88. The number of halogens is 1. The van der Waals surface area contributed by atoms with E-state index in [0.717, 1.165) is 5.75 Å². The van der Waals surface area contributed by atoms with E-state index in [1.54, 1.807) is 0 Å². The third-order valence-corrected chi connectivity index (χ3v) is 5.31. The summed E-state index contributed by atoms with van der Waals surface area (Å²) in [6.45, 7) is 0. The lowest BCUT2D eigenvalue weighted by Crippen LogP contribution is -2.10. The summed E-state index contributed by atoms with van der Waals surface area (Å²) in [4.78, 5) is 0. The summed E-state index contributed by atoms with van der Waals surface area (Å²) < 4.78 is 5.78. The smallest absolute Gasteiger partial charge is 0.185 e. The topological polar surface area (TPSA) is 9.23 Å². The van der Waals surface area contributed by atoms with Crippen molar-refractivity contribution < 1.29 is 4.52 Å². The number of para-hydroxylation sites is 1. The van der Waals surface area contributed by atoms with Crippen molar-refractivity contribution in [3.8, 4) is 5.75 Å². The molecular formula is C12H16ClOP. The predicted octanol–water partition coefficient (Wildman–Crippen LogP) is 4.95. The van der Waals surface area contributed by atoms with Crippen LogP contribution in [0.25, 0.3) is 0 Å². The predicted molar refractivity (Wildman–Crippen MR) is 66.7 cm³/mol. The first-order chi connectivity index (χ1) is 7.36. The monoisotopic (exact) mass is 242 g/mol. The van der Waals surface area contributed by atoms with E-state index in [9.17, 15) is 0 Å². The van der Waals surface area contributed by atoms with Crippen LogP contribution in [0.3, 0.4) is 0 Å². The standard InChI is InChI=1S/C12H16ClOP/c13-15(12-9-5-2-6-10-12)14-11-7-3-1-4-8-11/h1,3-4,7-8,12H,2,5-6,9-10H2. The van der Waals surface area contributed by atoms with E-state index >= 15 is 0 Å². The molecule has 0 heterocycles. The summed E-state index contributed by atoms with van der Waals surface area (Å²) in [6.07, 6.45) is 6.47. The van der Waals surface area contributed by atoms with Gasteiger partial charge in [0.2, 0.25) is 0 Å². The SMILES string of the molecule is ClP(Oc1ccccc1)C1CCCCC1. The Morgan fingerprint density at radius 3 is 2.40 bits per heavy atom. The molecule has 0 spiro atoms. The van der Waals surface area contributed by atoms with Gasteiger partial charge in [-0.1, -0.05) is 37.5 Å². The maximum absolute atomic E-state index is 6.34. The lowest BCUT2D eigenvalue weighted by molar-refractivity contribution is 0.491. The van der Waals surface area contributed by atoms with Gasteiger partial charge in [0.05, 0.1) is 0 Å². The third-order valence-electron chi connectivity index (χ3n) is 2.80. The van der Waals surface area contributed by atoms with Gasteiger partial charge in [-0.3, -0.25) is 0 Å². The van der Waals surface area contributed by atoms with Crippen LogP contribution < -0.4 is 4.52 Å². The quantitative estimate of drug-likeness (QED) is 0.682. The molecule has 0 amide bonds. The molecule has 0 N–H and O–H groups in total. The van der Waals surface area contributed by atoms with Gasteiger partial charge in [-0.15, -0.1) is 0 Å². The molecule has 1 aliphatic rings. The van der Waals surface area contributed by atoms with Crippen molar-refractivity contribution >= 4 is 18.7 Å². The number of rotatable bonds is 3. The molecule has 3 heteroatoms. The first-order valence-corrected chi connectivity index (χ1v) is 7.77. The lowest BCUT2D eigenvalue weighted by atomic mass is 10.0. The average molecular weight is 243 g/mol. The zero-order chi connectivity index (χ0) is 10.5. The van der Waals surface area contributed by atoms with Crippen LogP contribution in [0.1, 0.15) is 32.1 Å². The molecule has 1 saturated carbocycles. The zero-order valence-corrected chi connectivity index (χ0v) is 10.4. The van der Waals surface area contributed by atoms with Gasteiger partial charge in [0.25, 0.3) is 0 Å². The minimum absolute atomic E-state index is 0.593. The van der Waals surface area contributed by atoms with Gasteiger partial charge in [-0.05, 0) is 36.2 Å². The van der Waals surface area contributed by atoms with Gasteiger partial charge in [0.1, 0.15) is 5.75 Å². The van der Waals surface area contributed by atoms with Crippen molar-refractivity contribution in [3.05, 3.63) is 30.3 Å². The molecule has 0 saturated heterocycles. The van der Waals surface area contributed by atoms with Gasteiger partial charge in [0, 0.05) is 5.66 Å². The van der Waals surface area contributed by atoms with Crippen LogP contribution in [0, 0.1) is 0 Å². The normalized spacial score (nSPS) is 19.8. The van der Waals surface area contributed by atoms with Crippen molar-refractivity contribution in [3.63, 3.8) is 0 Å². The molecule has 1 aliphatic carbocycles. The maximum atomic E-state index is 6.34. The van der Waals surface area contributed by atoms with Gasteiger partial charge >= 0.3 is 0 Å². The minimum atomic E-state index is -0.803. The summed E-state index contributed by atoms with van der Waals surface area (Å²) in [5.41, 5.74) is 0.593. The van der Waals surface area contributed by atoms with E-state index in [2.05, 4.69) is 0 Å². The van der Waals surface area contributed by atoms with Crippen LogP contribution in [0.5, 0.6) is 5.75 Å². The molecule has 15 heavy (non-hydrogen) atoms. The molecule has 0 radical (unpaired) electrons. The Labute approximate surface area is 97.4 Å². The second kappa shape index (κ2) is 5.72. The van der Waals surface area contributed by atoms with Crippen molar-refractivity contribution in [2.24, 2.45) is 0 Å². The Kier molecular flexibility index (Phi) is 4.29. The number of hydrogen-bond donors (Lipinski definition) is 0. The zero-order valence-electron chi connectivity index (χ0n) is 8.73. The fraction of sp³-hybridized carbons (Fsp3) is 0.500. The third kappa shape index (κ3) is 3.36. The van der Waals surface area contributed by atoms with Crippen LogP contribution in [0.4, 0.5) is 0 Å². The summed E-state index contributed by atoms with van der Waals surface area (Å²) in [5, 5.41) is 0. The molecule has 1 nitrogen and oxygen atoms in total. The van der Waals surface area contributed by atoms with E-state index in [1.807, 2.05) is 30.3 Å². The van der Waals surface area contributed by atoms with Crippen molar-refractivity contribution in [1.82, 2.24) is 0 Å². The minimum Gasteiger partial charge on any atom is -0.457 e. The van der Waals surface area contributed by atoms with Crippen LogP contribution >= 0.6 is 18.7 Å². The summed E-state index contributed by atoms with van der Waals surface area (Å²) in [7, 11) is -0.803. The molecule has 2 rings (SSSR count). The second-order valence-corrected chi connectivity index (χ2v) is 6.42. The summed E-state index contributed by atoms with van der Waals surface area (Å²) in [5.74, 6) is 0.907. The van der Waals surface area contributed by atoms with Crippen LogP contribution in [0.15, 0.2) is 30.3 Å². The number of hydrogen-bond acceptors (Lipinski definition) is 1. The van der Waals surface area contributed by atoms with E-state index in [0.29, 0.717) is 5.66 Å². The Morgan fingerprint density at radius 1 is 1.07 bits per heavy atom. The summed E-state index contributed by atoms with van der Waals surface area (Å²) in [6, 6.07) is 9.90. The molecule has 0 aliphatic heterocycles. The number of benzene rings is 1. The molecule has 0 bridgehead atoms. The van der Waals surface area contributed by atoms with E-state index in [-0.39, 0.29) is 0 Å². The van der Waals surface area contributed by atoms with Gasteiger partial charge in [-0.2, -0.15) is 0 Å². The van der Waals surface area contributed by atoms with E-state index in [4.69, 9.17) is 15.8 Å². The first kappa shape index (κ1) is 11.2. The largest absolute Gasteiger partial charge is 0.457 e. The molecule has 1 aromatic rings. The molecule has 1 aromatic carbocycles. The molecule has 1 fully saturated rings. The van der Waals surface area contributed by atoms with Crippen LogP contribution in [0.2, 0.25) is 0 Å². The second-order valence-electron chi connectivity index (χ2n) is 3.97. The molecule has 1 atom stereocenters. The fourth-order valence-electron chi connectivity index (χ4n) is 1.94. The van der Waals surface area contributed by atoms with Crippen LogP contribution in [-0.2, 0) is 0 Å². The van der Waals surface area contributed by atoms with E-state index < -0.39 is 7.50 Å². The first-order valence-electron chi connectivity index (χ1n) is 5.54. The highest BCUT2D eigenvalue weighted by Gasteiger charge is 2.23.